The van der Waals surface area contributed by atoms with Gasteiger partial charge in [0.1, 0.15) is 0 Å². The zero-order valence-electron chi connectivity index (χ0n) is 8.50. The molecule has 0 saturated heterocycles. The van der Waals surface area contributed by atoms with E-state index >= 15 is 0 Å². The second-order valence-electron chi connectivity index (χ2n) is 3.77. The molecule has 0 unspecified atom stereocenters. The minimum Gasteiger partial charge on any atom is -0.0842 e. The van der Waals surface area contributed by atoms with Crippen molar-refractivity contribution < 1.29 is 20.1 Å². The van der Waals surface area contributed by atoms with Gasteiger partial charge < -0.3 is 0 Å². The van der Waals surface area contributed by atoms with Gasteiger partial charge in [0.25, 0.3) is 0 Å². The van der Waals surface area contributed by atoms with Crippen molar-refractivity contribution >= 4 is 0 Å². The number of hydrogen-bond donors (Lipinski definition) is 0. The Kier molecular flexibility index (Phi) is 4.10. The molecule has 2 aliphatic rings. The molecule has 0 nitrogen and oxygen atoms in total. The molecule has 1 radical (unpaired) electrons. The van der Waals surface area contributed by atoms with Crippen molar-refractivity contribution in [2.75, 3.05) is 0 Å². The first-order valence-electron chi connectivity index (χ1n) is 5.11. The van der Waals surface area contributed by atoms with Crippen molar-refractivity contribution in [3.8, 4) is 0 Å². The fraction of sp³-hybridized carbons (Fsp3) is 0.385. The summed E-state index contributed by atoms with van der Waals surface area (Å²) in [5.74, 6) is 0. The Morgan fingerprint density at radius 1 is 1.21 bits per heavy atom. The summed E-state index contributed by atoms with van der Waals surface area (Å²) in [6.07, 6.45) is 19.3. The Hall–Kier alpha value is -0.391. The molecule has 14 heavy (non-hydrogen) atoms. The van der Waals surface area contributed by atoms with Gasteiger partial charge in [-0.25, -0.2) is 0 Å². The number of allylic oxidation sites excluding steroid dienone is 8. The van der Waals surface area contributed by atoms with Crippen LogP contribution in [0.5, 0.6) is 0 Å². The molecule has 0 aliphatic heterocycles. The summed E-state index contributed by atoms with van der Waals surface area (Å²) in [6.45, 7) is 2.26. The fourth-order valence-electron chi connectivity index (χ4n) is 2.18. The van der Waals surface area contributed by atoms with E-state index in [1.807, 2.05) is 0 Å². The van der Waals surface area contributed by atoms with E-state index in [0.29, 0.717) is 0 Å². The Morgan fingerprint density at radius 3 is 2.43 bits per heavy atom. The average molecular weight is 364 g/mol. The summed E-state index contributed by atoms with van der Waals surface area (Å²) in [4.78, 5) is 0. The van der Waals surface area contributed by atoms with Gasteiger partial charge in [0, 0.05) is 25.5 Å². The van der Waals surface area contributed by atoms with E-state index in [1.165, 1.54) is 19.3 Å². The van der Waals surface area contributed by atoms with Crippen LogP contribution in [0.2, 0.25) is 0 Å². The second kappa shape index (κ2) is 4.91. The first kappa shape index (κ1) is 11.7. The zero-order valence-corrected chi connectivity index (χ0v) is 10.9. The van der Waals surface area contributed by atoms with Gasteiger partial charge in [0.15, 0.2) is 0 Å². The number of hydrogen-bond acceptors (Lipinski definition) is 0. The van der Waals surface area contributed by atoms with E-state index < -0.39 is 0 Å². The minimum atomic E-state index is 0. The molecule has 0 bridgehead atoms. The summed E-state index contributed by atoms with van der Waals surface area (Å²) >= 11 is 0. The second-order valence-corrected chi connectivity index (χ2v) is 3.77. The van der Waals surface area contributed by atoms with Crippen molar-refractivity contribution in [1.82, 2.24) is 0 Å². The van der Waals surface area contributed by atoms with Gasteiger partial charge in [-0.05, 0) is 19.3 Å². The molecule has 0 atom stereocenters. The SMILES string of the molecule is CCC1(C2=CC=CCC2)C=CC=C1.[Ir]. The van der Waals surface area contributed by atoms with Gasteiger partial charge in [0.2, 0.25) is 0 Å². The summed E-state index contributed by atoms with van der Waals surface area (Å²) in [5.41, 5.74) is 1.83. The maximum absolute atomic E-state index is 2.33. The smallest absolute Gasteiger partial charge is 0.0277 e. The monoisotopic (exact) mass is 365 g/mol. The van der Waals surface area contributed by atoms with Gasteiger partial charge in [0.05, 0.1) is 0 Å². The molecule has 0 N–H and O–H groups in total. The van der Waals surface area contributed by atoms with E-state index in [-0.39, 0.29) is 25.5 Å². The summed E-state index contributed by atoms with van der Waals surface area (Å²) in [6, 6.07) is 0. The van der Waals surface area contributed by atoms with Gasteiger partial charge in [-0.15, -0.1) is 0 Å². The molecule has 0 aromatic carbocycles. The average Bonchev–Trinajstić information content (AvgIpc) is 2.69. The third kappa shape index (κ3) is 1.99. The van der Waals surface area contributed by atoms with Crippen molar-refractivity contribution in [3.63, 3.8) is 0 Å². The van der Waals surface area contributed by atoms with Crippen molar-refractivity contribution in [2.45, 2.75) is 26.2 Å². The quantitative estimate of drug-likeness (QED) is 0.699. The zero-order chi connectivity index (χ0) is 9.15. The molecule has 77 valence electrons. The van der Waals surface area contributed by atoms with Crippen LogP contribution in [0.3, 0.4) is 0 Å². The van der Waals surface area contributed by atoms with Crippen molar-refractivity contribution in [2.24, 2.45) is 5.41 Å². The topological polar surface area (TPSA) is 0 Å². The molecule has 0 spiro atoms. The standard InChI is InChI=1S/C13H16.Ir/c1-2-13(10-6-7-11-13)12-8-4-3-5-9-12;/h3-4,6-8,10-11H,2,5,9H2,1H3;. The molecule has 0 fully saturated rings. The van der Waals surface area contributed by atoms with E-state index in [1.54, 1.807) is 5.57 Å². The van der Waals surface area contributed by atoms with Gasteiger partial charge in [-0.2, -0.15) is 0 Å². The van der Waals surface area contributed by atoms with Crippen LogP contribution in [0.25, 0.3) is 0 Å². The molecular formula is C13H16Ir. The Labute approximate surface area is 99.8 Å². The van der Waals surface area contributed by atoms with Crippen LogP contribution in [0.1, 0.15) is 26.2 Å². The first-order valence-corrected chi connectivity index (χ1v) is 5.11. The molecule has 0 heterocycles. The van der Waals surface area contributed by atoms with Crippen LogP contribution in [0.15, 0.2) is 48.1 Å². The van der Waals surface area contributed by atoms with E-state index in [4.69, 9.17) is 0 Å². The summed E-state index contributed by atoms with van der Waals surface area (Å²) < 4.78 is 0. The molecular weight excluding hydrogens is 348 g/mol. The Morgan fingerprint density at radius 2 is 1.93 bits per heavy atom. The van der Waals surface area contributed by atoms with Gasteiger partial charge in [-0.1, -0.05) is 55.0 Å². The maximum atomic E-state index is 2.33. The fourth-order valence-corrected chi connectivity index (χ4v) is 2.18. The van der Waals surface area contributed by atoms with Crippen LogP contribution in [-0.4, -0.2) is 0 Å². The molecule has 2 rings (SSSR count). The molecule has 2 aliphatic carbocycles. The third-order valence-corrected chi connectivity index (χ3v) is 3.10. The van der Waals surface area contributed by atoms with Gasteiger partial charge in [-0.3, -0.25) is 0 Å². The molecule has 0 aromatic heterocycles. The van der Waals surface area contributed by atoms with Crippen LogP contribution in [-0.2, 0) is 20.1 Å². The Bertz CT molecular complexity index is 293. The van der Waals surface area contributed by atoms with Crippen molar-refractivity contribution in [3.05, 3.63) is 48.1 Å². The summed E-state index contributed by atoms with van der Waals surface area (Å²) in [5, 5.41) is 0. The number of rotatable bonds is 2. The predicted octanol–water partition coefficient (Wildman–Crippen LogP) is 3.78. The molecule has 0 amide bonds. The van der Waals surface area contributed by atoms with Gasteiger partial charge >= 0.3 is 0 Å². The van der Waals surface area contributed by atoms with E-state index in [9.17, 15) is 0 Å². The van der Waals surface area contributed by atoms with Crippen LogP contribution in [0, 0.1) is 5.41 Å². The first-order chi connectivity index (χ1) is 6.37. The molecule has 0 saturated carbocycles. The van der Waals surface area contributed by atoms with Crippen molar-refractivity contribution in [1.29, 1.82) is 0 Å². The molecule has 1 heteroatoms. The third-order valence-electron chi connectivity index (χ3n) is 3.10. The maximum Gasteiger partial charge on any atom is 0.0277 e. The normalized spacial score (nSPS) is 21.9. The van der Waals surface area contributed by atoms with Crippen LogP contribution < -0.4 is 0 Å². The van der Waals surface area contributed by atoms with Crippen LogP contribution >= 0.6 is 0 Å². The predicted molar refractivity (Wildman–Crippen MR) is 57.5 cm³/mol. The largest absolute Gasteiger partial charge is 0.0842 e. The van der Waals surface area contributed by atoms with Crippen LogP contribution in [0.4, 0.5) is 0 Å². The van der Waals surface area contributed by atoms with E-state index in [2.05, 4.69) is 49.5 Å². The Balaban J connectivity index is 0.000000980. The summed E-state index contributed by atoms with van der Waals surface area (Å²) in [7, 11) is 0. The molecule has 0 aromatic rings. The minimum absolute atomic E-state index is 0. The van der Waals surface area contributed by atoms with E-state index in [0.717, 1.165) is 0 Å².